The molecule has 98 valence electrons. The van der Waals surface area contributed by atoms with Gasteiger partial charge in [-0.05, 0) is 31.9 Å². The molecule has 1 aromatic heterocycles. The van der Waals surface area contributed by atoms with Gasteiger partial charge in [0.2, 0.25) is 5.91 Å². The number of pyridine rings is 1. The van der Waals surface area contributed by atoms with Crippen molar-refractivity contribution in [3.63, 3.8) is 0 Å². The molecule has 4 nitrogen and oxygen atoms in total. The summed E-state index contributed by atoms with van der Waals surface area (Å²) in [6, 6.07) is 4.20. The van der Waals surface area contributed by atoms with Gasteiger partial charge in [0.25, 0.3) is 0 Å². The molecule has 2 N–H and O–H groups in total. The van der Waals surface area contributed by atoms with Crippen LogP contribution in [0.5, 0.6) is 0 Å². The van der Waals surface area contributed by atoms with Crippen LogP contribution in [-0.4, -0.2) is 23.5 Å². The number of hydrogen-bond donors (Lipinski definition) is 2. The predicted octanol–water partition coefficient (Wildman–Crippen LogP) is 2.25. The minimum atomic E-state index is 0.0800. The first kappa shape index (κ1) is 12.9. The molecule has 0 spiro atoms. The number of aryl methyl sites for hydroxylation is 1. The number of anilines is 1. The first-order chi connectivity index (χ1) is 8.74. The van der Waals surface area contributed by atoms with E-state index in [0.717, 1.165) is 24.2 Å². The van der Waals surface area contributed by atoms with Gasteiger partial charge in [0.1, 0.15) is 0 Å². The van der Waals surface area contributed by atoms with E-state index in [1.807, 2.05) is 19.1 Å². The van der Waals surface area contributed by atoms with Gasteiger partial charge in [-0.25, -0.2) is 0 Å². The van der Waals surface area contributed by atoms with Crippen molar-refractivity contribution in [3.8, 4) is 0 Å². The molecule has 0 aliphatic heterocycles. The Bertz CT molecular complexity index is 400. The monoisotopic (exact) mass is 247 g/mol. The number of carbonyl (C=O) groups excluding carboxylic acids is 1. The molecule has 1 saturated carbocycles. The molecule has 0 bridgehead atoms. The van der Waals surface area contributed by atoms with Gasteiger partial charge in [0.15, 0.2) is 0 Å². The Morgan fingerprint density at radius 1 is 1.39 bits per heavy atom. The van der Waals surface area contributed by atoms with E-state index < -0.39 is 0 Å². The lowest BCUT2D eigenvalue weighted by molar-refractivity contribution is -0.120. The fourth-order valence-corrected chi connectivity index (χ4v) is 2.36. The highest BCUT2D eigenvalue weighted by Gasteiger charge is 2.15. The van der Waals surface area contributed by atoms with Gasteiger partial charge in [-0.15, -0.1) is 0 Å². The van der Waals surface area contributed by atoms with Crippen molar-refractivity contribution in [1.82, 2.24) is 10.3 Å². The van der Waals surface area contributed by atoms with E-state index in [1.54, 1.807) is 6.20 Å². The molecule has 0 saturated heterocycles. The van der Waals surface area contributed by atoms with E-state index in [0.29, 0.717) is 12.6 Å². The summed E-state index contributed by atoms with van der Waals surface area (Å²) in [7, 11) is 0. The molecule has 0 radical (unpaired) electrons. The normalized spacial score (nSPS) is 16.3. The summed E-state index contributed by atoms with van der Waals surface area (Å²) < 4.78 is 0. The van der Waals surface area contributed by atoms with Crippen LogP contribution < -0.4 is 10.6 Å². The summed E-state index contributed by atoms with van der Waals surface area (Å²) in [4.78, 5) is 15.9. The summed E-state index contributed by atoms with van der Waals surface area (Å²) >= 11 is 0. The standard InChI is InChI=1S/C14H21N3O/c1-11-9-13(7-8-15-11)16-10-14(18)17-12-5-3-2-4-6-12/h7-9,12H,2-6,10H2,1H3,(H,15,16)(H,17,18). The molecule has 1 aliphatic rings. The highest BCUT2D eigenvalue weighted by Crippen LogP contribution is 2.17. The van der Waals surface area contributed by atoms with Crippen molar-refractivity contribution in [2.45, 2.75) is 45.1 Å². The Morgan fingerprint density at radius 3 is 2.89 bits per heavy atom. The number of nitrogens with one attached hydrogen (secondary N) is 2. The van der Waals surface area contributed by atoms with E-state index >= 15 is 0 Å². The van der Waals surface area contributed by atoms with Crippen LogP contribution in [0.15, 0.2) is 18.3 Å². The Hall–Kier alpha value is -1.58. The molecule has 18 heavy (non-hydrogen) atoms. The van der Waals surface area contributed by atoms with Crippen LogP contribution in [0.25, 0.3) is 0 Å². The number of aromatic nitrogens is 1. The molecule has 0 unspecified atom stereocenters. The van der Waals surface area contributed by atoms with Gasteiger partial charge < -0.3 is 10.6 Å². The second kappa shape index (κ2) is 6.38. The summed E-state index contributed by atoms with van der Waals surface area (Å²) in [6.07, 6.45) is 7.78. The van der Waals surface area contributed by atoms with E-state index in [9.17, 15) is 4.79 Å². The molecule has 0 atom stereocenters. The molecule has 4 heteroatoms. The molecular formula is C14H21N3O. The third-order valence-corrected chi connectivity index (χ3v) is 3.32. The van der Waals surface area contributed by atoms with E-state index in [-0.39, 0.29) is 5.91 Å². The minimum absolute atomic E-state index is 0.0800. The second-order valence-electron chi connectivity index (χ2n) is 4.94. The lowest BCUT2D eigenvalue weighted by Gasteiger charge is -2.22. The third-order valence-electron chi connectivity index (χ3n) is 3.32. The van der Waals surface area contributed by atoms with Gasteiger partial charge in [0.05, 0.1) is 6.54 Å². The Morgan fingerprint density at radius 2 is 2.17 bits per heavy atom. The van der Waals surface area contributed by atoms with Crippen LogP contribution in [0.4, 0.5) is 5.69 Å². The van der Waals surface area contributed by atoms with Gasteiger partial charge in [0, 0.05) is 23.6 Å². The average Bonchev–Trinajstić information content (AvgIpc) is 2.38. The molecule has 1 fully saturated rings. The molecular weight excluding hydrogens is 226 g/mol. The molecule has 1 aliphatic carbocycles. The number of amides is 1. The lowest BCUT2D eigenvalue weighted by Crippen LogP contribution is -2.39. The SMILES string of the molecule is Cc1cc(NCC(=O)NC2CCCCC2)ccn1. The quantitative estimate of drug-likeness (QED) is 0.858. The van der Waals surface area contributed by atoms with Crippen LogP contribution >= 0.6 is 0 Å². The van der Waals surface area contributed by atoms with Crippen LogP contribution in [0, 0.1) is 6.92 Å². The van der Waals surface area contributed by atoms with Crippen molar-refractivity contribution >= 4 is 11.6 Å². The summed E-state index contributed by atoms with van der Waals surface area (Å²) in [5, 5.41) is 6.21. The van der Waals surface area contributed by atoms with Crippen molar-refractivity contribution in [3.05, 3.63) is 24.0 Å². The second-order valence-corrected chi connectivity index (χ2v) is 4.94. The summed E-state index contributed by atoms with van der Waals surface area (Å²) in [5.41, 5.74) is 1.90. The maximum atomic E-state index is 11.8. The minimum Gasteiger partial charge on any atom is -0.376 e. The van der Waals surface area contributed by atoms with E-state index in [2.05, 4.69) is 15.6 Å². The van der Waals surface area contributed by atoms with Gasteiger partial charge >= 0.3 is 0 Å². The molecule has 0 aromatic carbocycles. The van der Waals surface area contributed by atoms with Crippen LogP contribution in [0.3, 0.4) is 0 Å². The zero-order chi connectivity index (χ0) is 12.8. The van der Waals surface area contributed by atoms with E-state index in [1.165, 1.54) is 19.3 Å². The van der Waals surface area contributed by atoms with Crippen LogP contribution in [0.2, 0.25) is 0 Å². The first-order valence-electron chi connectivity index (χ1n) is 6.70. The largest absolute Gasteiger partial charge is 0.376 e. The van der Waals surface area contributed by atoms with Crippen molar-refractivity contribution < 1.29 is 4.79 Å². The smallest absolute Gasteiger partial charge is 0.239 e. The first-order valence-corrected chi connectivity index (χ1v) is 6.70. The van der Waals surface area contributed by atoms with Crippen molar-refractivity contribution in [2.24, 2.45) is 0 Å². The maximum absolute atomic E-state index is 11.8. The lowest BCUT2D eigenvalue weighted by atomic mass is 9.95. The highest BCUT2D eigenvalue weighted by atomic mass is 16.1. The number of nitrogens with zero attached hydrogens (tertiary/aromatic N) is 1. The fourth-order valence-electron chi connectivity index (χ4n) is 2.36. The van der Waals surface area contributed by atoms with Gasteiger partial charge in [-0.3, -0.25) is 9.78 Å². The van der Waals surface area contributed by atoms with Crippen molar-refractivity contribution in [1.29, 1.82) is 0 Å². The Kier molecular flexibility index (Phi) is 4.56. The molecule has 1 amide bonds. The van der Waals surface area contributed by atoms with Crippen LogP contribution in [0.1, 0.15) is 37.8 Å². The van der Waals surface area contributed by atoms with Gasteiger partial charge in [-0.1, -0.05) is 19.3 Å². The van der Waals surface area contributed by atoms with Crippen LogP contribution in [-0.2, 0) is 4.79 Å². The number of carbonyl (C=O) groups is 1. The van der Waals surface area contributed by atoms with E-state index in [4.69, 9.17) is 0 Å². The topological polar surface area (TPSA) is 54.0 Å². The Labute approximate surface area is 108 Å². The molecule has 2 rings (SSSR count). The highest BCUT2D eigenvalue weighted by molar-refractivity contribution is 5.80. The maximum Gasteiger partial charge on any atom is 0.239 e. The Balaban J connectivity index is 1.74. The predicted molar refractivity (Wildman–Crippen MR) is 72.5 cm³/mol. The number of rotatable bonds is 4. The summed E-state index contributed by atoms with van der Waals surface area (Å²) in [5.74, 6) is 0.0800. The molecule has 1 heterocycles. The average molecular weight is 247 g/mol. The zero-order valence-corrected chi connectivity index (χ0v) is 10.9. The fraction of sp³-hybridized carbons (Fsp3) is 0.571. The summed E-state index contributed by atoms with van der Waals surface area (Å²) in [6.45, 7) is 2.27. The zero-order valence-electron chi connectivity index (χ0n) is 10.9. The van der Waals surface area contributed by atoms with Crippen molar-refractivity contribution in [2.75, 3.05) is 11.9 Å². The molecule has 1 aromatic rings. The number of hydrogen-bond acceptors (Lipinski definition) is 3. The third kappa shape index (κ3) is 4.02. The van der Waals surface area contributed by atoms with Gasteiger partial charge in [-0.2, -0.15) is 0 Å².